The van der Waals surface area contributed by atoms with Crippen LogP contribution in [0, 0.1) is 12.8 Å². The lowest BCUT2D eigenvalue weighted by Crippen LogP contribution is -2.37. The van der Waals surface area contributed by atoms with Crippen molar-refractivity contribution in [3.05, 3.63) is 70.4 Å². The normalized spacial score (nSPS) is 15.1. The Labute approximate surface area is 182 Å². The van der Waals surface area contributed by atoms with Crippen molar-refractivity contribution in [2.45, 2.75) is 26.3 Å². The summed E-state index contributed by atoms with van der Waals surface area (Å²) in [6.45, 7) is 5.08. The fourth-order valence-electron chi connectivity index (χ4n) is 3.97. The first kappa shape index (κ1) is 20.6. The van der Waals surface area contributed by atoms with Crippen LogP contribution in [0.15, 0.2) is 60.7 Å². The van der Waals surface area contributed by atoms with Gasteiger partial charge in [-0.3, -0.25) is 9.69 Å². The van der Waals surface area contributed by atoms with Crippen molar-refractivity contribution in [3.63, 3.8) is 0 Å². The molecular formula is C25H28N2O2S. The molecule has 1 N–H and O–H groups in total. The van der Waals surface area contributed by atoms with Gasteiger partial charge < -0.3 is 10.1 Å². The third-order valence-electron chi connectivity index (χ3n) is 5.67. The molecule has 4 nitrogen and oxygen atoms in total. The molecule has 156 valence electrons. The van der Waals surface area contributed by atoms with Gasteiger partial charge >= 0.3 is 0 Å². The van der Waals surface area contributed by atoms with Crippen LogP contribution in [0.5, 0.6) is 5.75 Å². The van der Waals surface area contributed by atoms with Gasteiger partial charge in [-0.25, -0.2) is 0 Å². The first-order valence-corrected chi connectivity index (χ1v) is 11.3. The third-order valence-corrected chi connectivity index (χ3v) is 6.65. The second-order valence-electron chi connectivity index (χ2n) is 7.86. The number of carbonyl (C=O) groups excluding carboxylic acids is 1. The predicted molar refractivity (Wildman–Crippen MR) is 124 cm³/mol. The summed E-state index contributed by atoms with van der Waals surface area (Å²) in [4.78, 5) is 18.1. The molecule has 2 heterocycles. The van der Waals surface area contributed by atoms with E-state index >= 15 is 0 Å². The molecule has 30 heavy (non-hydrogen) atoms. The molecule has 0 aliphatic carbocycles. The fraction of sp³-hybridized carbons (Fsp3) is 0.320. The number of amides is 1. The van der Waals surface area contributed by atoms with Crippen molar-refractivity contribution in [2.24, 2.45) is 5.92 Å². The minimum Gasteiger partial charge on any atom is -0.497 e. The number of piperidine rings is 1. The average Bonchev–Trinajstić information content (AvgIpc) is 3.19. The summed E-state index contributed by atoms with van der Waals surface area (Å²) in [5, 5.41) is 3.13. The van der Waals surface area contributed by atoms with Crippen LogP contribution in [-0.2, 0) is 11.3 Å². The zero-order chi connectivity index (χ0) is 20.9. The van der Waals surface area contributed by atoms with E-state index in [2.05, 4.69) is 35.3 Å². The highest BCUT2D eigenvalue weighted by Crippen LogP contribution is 2.27. The van der Waals surface area contributed by atoms with E-state index in [1.807, 2.05) is 53.8 Å². The van der Waals surface area contributed by atoms with E-state index in [0.29, 0.717) is 0 Å². The van der Waals surface area contributed by atoms with Crippen LogP contribution >= 0.6 is 11.3 Å². The highest BCUT2D eigenvalue weighted by molar-refractivity contribution is 7.11. The molecule has 0 unspecified atom stereocenters. The molecule has 1 aromatic heterocycles. The van der Waals surface area contributed by atoms with Crippen LogP contribution in [0.25, 0.3) is 11.1 Å². The molecule has 1 saturated heterocycles. The van der Waals surface area contributed by atoms with E-state index in [1.54, 1.807) is 7.11 Å². The van der Waals surface area contributed by atoms with Gasteiger partial charge in [0.1, 0.15) is 5.75 Å². The number of methoxy groups -OCH3 is 1. The number of benzene rings is 2. The van der Waals surface area contributed by atoms with Crippen LogP contribution in [0.3, 0.4) is 0 Å². The standard InChI is InChI=1S/C25H28N2O2S/c1-18-9-10-24(30-18)17-27-13-11-19(12-14-27)25(28)26-22-7-3-5-20(15-22)21-6-4-8-23(16-21)29-2/h3-10,15-16,19H,11-14,17H2,1-2H3,(H,26,28). The smallest absolute Gasteiger partial charge is 0.227 e. The van der Waals surface area contributed by atoms with Crippen molar-refractivity contribution >= 4 is 22.9 Å². The number of thiophene rings is 1. The Morgan fingerprint density at radius 1 is 1.07 bits per heavy atom. The Morgan fingerprint density at radius 3 is 2.50 bits per heavy atom. The SMILES string of the molecule is COc1cccc(-c2cccc(NC(=O)C3CCN(Cc4ccc(C)s4)CC3)c2)c1. The Hall–Kier alpha value is -2.63. The molecule has 5 heteroatoms. The topological polar surface area (TPSA) is 41.6 Å². The second-order valence-corrected chi connectivity index (χ2v) is 9.24. The summed E-state index contributed by atoms with van der Waals surface area (Å²) in [7, 11) is 1.67. The maximum absolute atomic E-state index is 12.8. The van der Waals surface area contributed by atoms with Gasteiger partial charge in [-0.15, -0.1) is 11.3 Å². The van der Waals surface area contributed by atoms with E-state index in [0.717, 1.165) is 55.0 Å². The number of nitrogens with zero attached hydrogens (tertiary/aromatic N) is 1. The molecule has 0 radical (unpaired) electrons. The highest BCUT2D eigenvalue weighted by Gasteiger charge is 2.25. The van der Waals surface area contributed by atoms with Gasteiger partial charge in [0, 0.05) is 27.9 Å². The Kier molecular flexibility index (Phi) is 6.50. The van der Waals surface area contributed by atoms with Crippen molar-refractivity contribution in [3.8, 4) is 16.9 Å². The second kappa shape index (κ2) is 9.45. The van der Waals surface area contributed by atoms with Crippen LogP contribution in [0.2, 0.25) is 0 Å². The molecule has 1 amide bonds. The molecule has 0 bridgehead atoms. The Bertz CT molecular complexity index is 1010. The number of nitrogens with one attached hydrogen (secondary N) is 1. The molecule has 4 rings (SSSR count). The van der Waals surface area contributed by atoms with Gasteiger partial charge in [0.05, 0.1) is 7.11 Å². The molecule has 1 fully saturated rings. The number of rotatable bonds is 6. The number of anilines is 1. The minimum atomic E-state index is 0.0757. The van der Waals surface area contributed by atoms with Gasteiger partial charge in [0.25, 0.3) is 0 Å². The first-order valence-electron chi connectivity index (χ1n) is 10.4. The maximum atomic E-state index is 12.8. The number of aryl methyl sites for hydroxylation is 1. The van der Waals surface area contributed by atoms with Crippen LogP contribution in [0.1, 0.15) is 22.6 Å². The lowest BCUT2D eigenvalue weighted by Gasteiger charge is -2.30. The largest absolute Gasteiger partial charge is 0.497 e. The maximum Gasteiger partial charge on any atom is 0.227 e. The summed E-state index contributed by atoms with van der Waals surface area (Å²) >= 11 is 1.86. The summed E-state index contributed by atoms with van der Waals surface area (Å²) in [6, 6.07) is 20.4. The average molecular weight is 421 g/mol. The quantitative estimate of drug-likeness (QED) is 0.566. The zero-order valence-electron chi connectivity index (χ0n) is 17.6. The molecule has 1 aliphatic rings. The first-order chi connectivity index (χ1) is 14.6. The highest BCUT2D eigenvalue weighted by atomic mass is 32.1. The Morgan fingerprint density at radius 2 is 1.80 bits per heavy atom. The molecule has 0 spiro atoms. The van der Waals surface area contributed by atoms with Gasteiger partial charge in [0.15, 0.2) is 0 Å². The number of ether oxygens (including phenoxy) is 1. The lowest BCUT2D eigenvalue weighted by atomic mass is 9.95. The van der Waals surface area contributed by atoms with Crippen molar-refractivity contribution in [2.75, 3.05) is 25.5 Å². The van der Waals surface area contributed by atoms with E-state index in [9.17, 15) is 4.79 Å². The molecule has 0 atom stereocenters. The number of carbonyl (C=O) groups is 1. The minimum absolute atomic E-state index is 0.0757. The summed E-state index contributed by atoms with van der Waals surface area (Å²) in [6.07, 6.45) is 1.82. The predicted octanol–water partition coefficient (Wildman–Crippen LogP) is 5.58. The summed E-state index contributed by atoms with van der Waals surface area (Å²) in [5.41, 5.74) is 2.98. The molecule has 0 saturated carbocycles. The van der Waals surface area contributed by atoms with Crippen LogP contribution < -0.4 is 10.1 Å². The van der Waals surface area contributed by atoms with E-state index in [-0.39, 0.29) is 11.8 Å². The fourth-order valence-corrected chi connectivity index (χ4v) is 4.90. The summed E-state index contributed by atoms with van der Waals surface area (Å²) < 4.78 is 5.32. The molecule has 3 aromatic rings. The number of hydrogen-bond acceptors (Lipinski definition) is 4. The number of hydrogen-bond donors (Lipinski definition) is 1. The van der Waals surface area contributed by atoms with Gasteiger partial charge in [0.2, 0.25) is 5.91 Å². The van der Waals surface area contributed by atoms with E-state index in [1.165, 1.54) is 9.75 Å². The van der Waals surface area contributed by atoms with Gasteiger partial charge in [-0.05, 0) is 80.4 Å². The molecular weight excluding hydrogens is 392 g/mol. The van der Waals surface area contributed by atoms with Gasteiger partial charge in [-0.1, -0.05) is 24.3 Å². The lowest BCUT2D eigenvalue weighted by molar-refractivity contribution is -0.121. The third kappa shape index (κ3) is 5.10. The van der Waals surface area contributed by atoms with Crippen LogP contribution in [-0.4, -0.2) is 31.0 Å². The van der Waals surface area contributed by atoms with Gasteiger partial charge in [-0.2, -0.15) is 0 Å². The Balaban J connectivity index is 1.34. The molecule has 2 aromatic carbocycles. The number of likely N-dealkylation sites (tertiary alicyclic amines) is 1. The van der Waals surface area contributed by atoms with E-state index < -0.39 is 0 Å². The van der Waals surface area contributed by atoms with E-state index in [4.69, 9.17) is 4.74 Å². The van der Waals surface area contributed by atoms with Crippen molar-refractivity contribution in [1.82, 2.24) is 4.90 Å². The molecule has 1 aliphatic heterocycles. The zero-order valence-corrected chi connectivity index (χ0v) is 18.4. The van der Waals surface area contributed by atoms with Crippen molar-refractivity contribution < 1.29 is 9.53 Å². The summed E-state index contributed by atoms with van der Waals surface area (Å²) in [5.74, 6) is 1.03. The van der Waals surface area contributed by atoms with Crippen LogP contribution in [0.4, 0.5) is 5.69 Å². The monoisotopic (exact) mass is 420 g/mol. The van der Waals surface area contributed by atoms with Crippen molar-refractivity contribution in [1.29, 1.82) is 0 Å².